The van der Waals surface area contributed by atoms with Crippen molar-refractivity contribution in [3.63, 3.8) is 0 Å². The molecule has 2 heterocycles. The van der Waals surface area contributed by atoms with Crippen LogP contribution in [0.2, 0.25) is 0 Å². The number of benzene rings is 1. The van der Waals surface area contributed by atoms with Gasteiger partial charge in [-0.2, -0.15) is 0 Å². The maximum atomic E-state index is 12.7. The van der Waals surface area contributed by atoms with E-state index in [1.807, 2.05) is 4.90 Å². The minimum absolute atomic E-state index is 0.0841. The zero-order chi connectivity index (χ0) is 16.3. The average Bonchev–Trinajstić information content (AvgIpc) is 2.97. The van der Waals surface area contributed by atoms with Gasteiger partial charge >= 0.3 is 6.03 Å². The number of carbonyl (C=O) groups excluding carboxylic acids is 1. The van der Waals surface area contributed by atoms with Gasteiger partial charge in [0.25, 0.3) is 0 Å². The van der Waals surface area contributed by atoms with Crippen molar-refractivity contribution in [2.45, 2.75) is 45.6 Å². The van der Waals surface area contributed by atoms with Crippen LogP contribution in [-0.4, -0.2) is 37.2 Å². The van der Waals surface area contributed by atoms with Gasteiger partial charge in [-0.25, -0.2) is 4.79 Å². The van der Waals surface area contributed by atoms with Crippen LogP contribution in [0.25, 0.3) is 0 Å². The van der Waals surface area contributed by atoms with Gasteiger partial charge in [-0.3, -0.25) is 0 Å². The van der Waals surface area contributed by atoms with Crippen molar-refractivity contribution in [2.75, 3.05) is 26.3 Å². The van der Waals surface area contributed by atoms with Gasteiger partial charge in [-0.15, -0.1) is 0 Å². The molecule has 0 radical (unpaired) electrons. The van der Waals surface area contributed by atoms with E-state index in [4.69, 9.17) is 4.74 Å². The van der Waals surface area contributed by atoms with Crippen molar-refractivity contribution in [2.24, 2.45) is 5.41 Å². The third kappa shape index (κ3) is 3.69. The van der Waals surface area contributed by atoms with Crippen molar-refractivity contribution >= 4 is 6.03 Å². The van der Waals surface area contributed by atoms with Crippen molar-refractivity contribution < 1.29 is 9.53 Å². The lowest BCUT2D eigenvalue weighted by molar-refractivity contribution is 0.0208. The van der Waals surface area contributed by atoms with Crippen molar-refractivity contribution in [1.29, 1.82) is 0 Å². The van der Waals surface area contributed by atoms with Crippen LogP contribution in [0.3, 0.4) is 0 Å². The molecule has 1 aromatic rings. The largest absolute Gasteiger partial charge is 0.381 e. The smallest absolute Gasteiger partial charge is 0.317 e. The molecule has 0 aromatic heterocycles. The number of ether oxygens (including phenoxy) is 1. The number of urea groups is 1. The summed E-state index contributed by atoms with van der Waals surface area (Å²) in [6, 6.07) is 8.63. The molecule has 1 aromatic carbocycles. The molecule has 126 valence electrons. The predicted octanol–water partition coefficient (Wildman–Crippen LogP) is 3.66. The van der Waals surface area contributed by atoms with E-state index in [0.29, 0.717) is 5.41 Å². The molecule has 4 nitrogen and oxygen atoms in total. The normalized spacial score (nSPS) is 21.4. The van der Waals surface area contributed by atoms with Crippen LogP contribution in [0.15, 0.2) is 24.3 Å². The quantitative estimate of drug-likeness (QED) is 0.924. The van der Waals surface area contributed by atoms with Crippen LogP contribution in [0, 0.1) is 12.3 Å². The van der Waals surface area contributed by atoms with E-state index in [2.05, 4.69) is 43.4 Å². The van der Waals surface area contributed by atoms with Crippen LogP contribution in [0.1, 0.15) is 49.8 Å². The second-order valence-corrected chi connectivity index (χ2v) is 7.10. The second-order valence-electron chi connectivity index (χ2n) is 7.10. The van der Waals surface area contributed by atoms with Gasteiger partial charge in [0.1, 0.15) is 0 Å². The zero-order valence-electron chi connectivity index (χ0n) is 14.3. The zero-order valence-corrected chi connectivity index (χ0v) is 14.3. The Kier molecular flexibility index (Phi) is 4.90. The average molecular weight is 316 g/mol. The number of aryl methyl sites for hydroxylation is 1. The summed E-state index contributed by atoms with van der Waals surface area (Å²) in [5, 5.41) is 3.22. The van der Waals surface area contributed by atoms with E-state index >= 15 is 0 Å². The molecule has 1 atom stereocenters. The summed E-state index contributed by atoms with van der Waals surface area (Å²) in [4.78, 5) is 14.7. The van der Waals surface area contributed by atoms with Gasteiger partial charge in [-0.1, -0.05) is 36.8 Å². The Labute approximate surface area is 139 Å². The lowest BCUT2D eigenvalue weighted by Gasteiger charge is -2.33. The summed E-state index contributed by atoms with van der Waals surface area (Å²) in [6.07, 6.45) is 4.20. The van der Waals surface area contributed by atoms with Crippen LogP contribution in [0.5, 0.6) is 0 Å². The molecule has 1 N–H and O–H groups in total. The molecule has 2 saturated heterocycles. The Hall–Kier alpha value is -1.55. The van der Waals surface area contributed by atoms with E-state index in [1.54, 1.807) is 0 Å². The number of likely N-dealkylation sites (tertiary alicyclic amines) is 1. The number of nitrogens with zero attached hydrogens (tertiary/aromatic N) is 1. The monoisotopic (exact) mass is 316 g/mol. The van der Waals surface area contributed by atoms with Crippen molar-refractivity contribution in [1.82, 2.24) is 10.2 Å². The standard InChI is InChI=1S/C19H28N2O2/c1-3-17(16-6-4-15(2)5-7-16)20-18(22)21-11-8-19(14-21)9-12-23-13-10-19/h4-7,17H,3,8-14H2,1-2H3,(H,20,22)/t17-/m0/s1. The van der Waals surface area contributed by atoms with Gasteiger partial charge in [-0.05, 0) is 43.6 Å². The Balaban J connectivity index is 1.60. The number of nitrogens with one attached hydrogen (secondary N) is 1. The molecule has 2 aliphatic rings. The molecular formula is C19H28N2O2. The first-order valence-electron chi connectivity index (χ1n) is 8.82. The molecule has 2 fully saturated rings. The SMILES string of the molecule is CC[C@H](NC(=O)N1CCC2(CCOCC2)C1)c1ccc(C)cc1. The number of carbonyl (C=O) groups is 1. The minimum Gasteiger partial charge on any atom is -0.381 e. The topological polar surface area (TPSA) is 41.6 Å². The predicted molar refractivity (Wildman–Crippen MR) is 91.4 cm³/mol. The highest BCUT2D eigenvalue weighted by atomic mass is 16.5. The van der Waals surface area contributed by atoms with Crippen LogP contribution in [0.4, 0.5) is 4.79 Å². The molecule has 0 bridgehead atoms. The fourth-order valence-electron chi connectivity index (χ4n) is 3.78. The van der Waals surface area contributed by atoms with Gasteiger partial charge < -0.3 is 15.0 Å². The van der Waals surface area contributed by atoms with Gasteiger partial charge in [0.2, 0.25) is 0 Å². The van der Waals surface area contributed by atoms with E-state index in [-0.39, 0.29) is 12.1 Å². The fraction of sp³-hybridized carbons (Fsp3) is 0.632. The molecule has 4 heteroatoms. The van der Waals surface area contributed by atoms with E-state index in [0.717, 1.165) is 52.0 Å². The summed E-state index contributed by atoms with van der Waals surface area (Å²) in [5.74, 6) is 0. The van der Waals surface area contributed by atoms with Gasteiger partial charge in [0.05, 0.1) is 6.04 Å². The molecule has 0 saturated carbocycles. The highest BCUT2D eigenvalue weighted by molar-refractivity contribution is 5.75. The second kappa shape index (κ2) is 6.91. The third-order valence-corrected chi connectivity index (χ3v) is 5.46. The number of rotatable bonds is 3. The lowest BCUT2D eigenvalue weighted by Crippen LogP contribution is -2.42. The highest BCUT2D eigenvalue weighted by Crippen LogP contribution is 2.39. The van der Waals surface area contributed by atoms with E-state index < -0.39 is 0 Å². The Morgan fingerprint density at radius 3 is 2.61 bits per heavy atom. The Morgan fingerprint density at radius 1 is 1.26 bits per heavy atom. The number of hydrogen-bond donors (Lipinski definition) is 1. The molecule has 3 rings (SSSR count). The van der Waals surface area contributed by atoms with E-state index in [9.17, 15) is 4.79 Å². The van der Waals surface area contributed by atoms with Crippen molar-refractivity contribution in [3.8, 4) is 0 Å². The molecule has 2 amide bonds. The molecule has 23 heavy (non-hydrogen) atoms. The summed E-state index contributed by atoms with van der Waals surface area (Å²) < 4.78 is 5.48. The summed E-state index contributed by atoms with van der Waals surface area (Å²) in [5.41, 5.74) is 2.74. The first-order chi connectivity index (χ1) is 11.1. The first-order valence-corrected chi connectivity index (χ1v) is 8.82. The maximum absolute atomic E-state index is 12.7. The van der Waals surface area contributed by atoms with Crippen molar-refractivity contribution in [3.05, 3.63) is 35.4 Å². The van der Waals surface area contributed by atoms with Gasteiger partial charge in [0, 0.05) is 26.3 Å². The fourth-order valence-corrected chi connectivity index (χ4v) is 3.78. The third-order valence-electron chi connectivity index (χ3n) is 5.46. The van der Waals surface area contributed by atoms with Gasteiger partial charge in [0.15, 0.2) is 0 Å². The number of hydrogen-bond acceptors (Lipinski definition) is 2. The lowest BCUT2D eigenvalue weighted by atomic mass is 9.80. The van der Waals surface area contributed by atoms with E-state index in [1.165, 1.54) is 11.1 Å². The number of amides is 2. The van der Waals surface area contributed by atoms with Crippen LogP contribution < -0.4 is 5.32 Å². The summed E-state index contributed by atoms with van der Waals surface area (Å²) in [6.45, 7) is 7.64. The molecule has 0 unspecified atom stereocenters. The van der Waals surface area contributed by atoms with Crippen LogP contribution >= 0.6 is 0 Å². The molecular weight excluding hydrogens is 288 g/mol. The maximum Gasteiger partial charge on any atom is 0.317 e. The summed E-state index contributed by atoms with van der Waals surface area (Å²) >= 11 is 0. The summed E-state index contributed by atoms with van der Waals surface area (Å²) in [7, 11) is 0. The minimum atomic E-state index is 0.0841. The molecule has 0 aliphatic carbocycles. The Morgan fingerprint density at radius 2 is 1.96 bits per heavy atom. The Bertz CT molecular complexity index is 535. The highest BCUT2D eigenvalue weighted by Gasteiger charge is 2.41. The first kappa shape index (κ1) is 16.3. The molecule has 2 aliphatic heterocycles. The van der Waals surface area contributed by atoms with Crippen LogP contribution in [-0.2, 0) is 4.74 Å². The molecule has 1 spiro atoms.